The molecule has 0 aromatic heterocycles. The molecule has 0 aliphatic carbocycles. The monoisotopic (exact) mass is 291 g/mol. The Kier molecular flexibility index (Phi) is 4.95. The highest BCUT2D eigenvalue weighted by molar-refractivity contribution is 5.82. The summed E-state index contributed by atoms with van der Waals surface area (Å²) in [5, 5.41) is 11.1. The third kappa shape index (κ3) is 5.59. The highest BCUT2D eigenvalue weighted by Crippen LogP contribution is 2.23. The number of nitrogens with one attached hydrogen (secondary N) is 1. The van der Waals surface area contributed by atoms with Crippen molar-refractivity contribution in [1.29, 1.82) is 0 Å². The Morgan fingerprint density at radius 3 is 2.55 bits per heavy atom. The van der Waals surface area contributed by atoms with E-state index >= 15 is 0 Å². The summed E-state index contributed by atoms with van der Waals surface area (Å²) in [5.74, 6) is -2.26. The highest BCUT2D eigenvalue weighted by atomic mass is 19.4. The Morgan fingerprint density at radius 1 is 1.40 bits per heavy atom. The number of rotatable bonds is 5. The number of hydrogen-bond donors (Lipinski definition) is 2. The standard InChI is InChI=1S/C12H12F3NO4/c1-7(17)16-10(11(18)19)6-8-3-2-4-9(5-8)20-12(13,14)15/h2-5,10H,6H2,1H3,(H,16,17)(H,18,19). The second-order valence-electron chi connectivity index (χ2n) is 3.99. The summed E-state index contributed by atoms with van der Waals surface area (Å²) in [6.45, 7) is 1.15. The Bertz CT molecular complexity index is 502. The zero-order chi connectivity index (χ0) is 15.3. The van der Waals surface area contributed by atoms with Crippen LogP contribution < -0.4 is 10.1 Å². The zero-order valence-electron chi connectivity index (χ0n) is 10.4. The first kappa shape index (κ1) is 15.8. The van der Waals surface area contributed by atoms with E-state index in [1.165, 1.54) is 12.1 Å². The van der Waals surface area contributed by atoms with Gasteiger partial charge in [-0.2, -0.15) is 0 Å². The third-order valence-corrected chi connectivity index (χ3v) is 2.25. The minimum atomic E-state index is -4.82. The predicted molar refractivity (Wildman–Crippen MR) is 62.1 cm³/mol. The summed E-state index contributed by atoms with van der Waals surface area (Å²) < 4.78 is 39.9. The van der Waals surface area contributed by atoms with Gasteiger partial charge in [0.2, 0.25) is 5.91 Å². The zero-order valence-corrected chi connectivity index (χ0v) is 10.4. The molecule has 0 radical (unpaired) electrons. The van der Waals surface area contributed by atoms with Gasteiger partial charge in [-0.05, 0) is 17.7 Å². The molecule has 1 unspecified atom stereocenters. The van der Waals surface area contributed by atoms with E-state index in [-0.39, 0.29) is 6.42 Å². The molecule has 8 heteroatoms. The van der Waals surface area contributed by atoms with E-state index in [2.05, 4.69) is 10.1 Å². The van der Waals surface area contributed by atoms with Crippen molar-refractivity contribution < 1.29 is 32.6 Å². The number of carbonyl (C=O) groups excluding carboxylic acids is 1. The van der Waals surface area contributed by atoms with Crippen LogP contribution in [0.5, 0.6) is 5.75 Å². The maximum absolute atomic E-state index is 12.1. The van der Waals surface area contributed by atoms with Gasteiger partial charge in [-0.15, -0.1) is 13.2 Å². The van der Waals surface area contributed by atoms with Gasteiger partial charge in [0.1, 0.15) is 11.8 Å². The van der Waals surface area contributed by atoms with Crippen molar-refractivity contribution in [3.63, 3.8) is 0 Å². The lowest BCUT2D eigenvalue weighted by atomic mass is 10.1. The van der Waals surface area contributed by atoms with E-state index in [1.54, 1.807) is 0 Å². The Hall–Kier alpha value is -2.25. The summed E-state index contributed by atoms with van der Waals surface area (Å²) in [5.41, 5.74) is 0.299. The summed E-state index contributed by atoms with van der Waals surface area (Å²) in [6, 6.07) is 3.72. The van der Waals surface area contributed by atoms with Gasteiger partial charge in [0.25, 0.3) is 0 Å². The number of carbonyl (C=O) groups is 2. The van der Waals surface area contributed by atoms with E-state index in [1.807, 2.05) is 0 Å². The Morgan fingerprint density at radius 2 is 2.05 bits per heavy atom. The van der Waals surface area contributed by atoms with E-state index in [0.29, 0.717) is 5.56 Å². The molecule has 1 rings (SSSR count). The van der Waals surface area contributed by atoms with Crippen LogP contribution in [0.15, 0.2) is 24.3 Å². The van der Waals surface area contributed by atoms with Crippen molar-refractivity contribution in [2.24, 2.45) is 0 Å². The van der Waals surface area contributed by atoms with Crippen molar-refractivity contribution in [3.8, 4) is 5.75 Å². The molecular weight excluding hydrogens is 279 g/mol. The van der Waals surface area contributed by atoms with Crippen LogP contribution >= 0.6 is 0 Å². The average molecular weight is 291 g/mol. The molecule has 0 aliphatic heterocycles. The molecule has 0 heterocycles. The summed E-state index contributed by atoms with van der Waals surface area (Å²) in [7, 11) is 0. The number of ether oxygens (including phenoxy) is 1. The highest BCUT2D eigenvalue weighted by Gasteiger charge is 2.31. The number of carboxylic acid groups (broad SMARTS) is 1. The van der Waals surface area contributed by atoms with Crippen LogP contribution in [-0.2, 0) is 16.0 Å². The molecule has 2 N–H and O–H groups in total. The number of halogens is 3. The number of carboxylic acids is 1. The van der Waals surface area contributed by atoms with Crippen LogP contribution in [-0.4, -0.2) is 29.4 Å². The normalized spacial score (nSPS) is 12.6. The first-order valence-corrected chi connectivity index (χ1v) is 5.52. The van der Waals surface area contributed by atoms with E-state index in [9.17, 15) is 22.8 Å². The van der Waals surface area contributed by atoms with Crippen LogP contribution in [0.4, 0.5) is 13.2 Å². The van der Waals surface area contributed by atoms with E-state index in [4.69, 9.17) is 5.11 Å². The van der Waals surface area contributed by atoms with Gasteiger partial charge < -0.3 is 15.2 Å². The first-order chi connectivity index (χ1) is 9.17. The molecule has 1 aromatic carbocycles. The lowest BCUT2D eigenvalue weighted by Gasteiger charge is -2.14. The molecule has 0 spiro atoms. The Labute approximate surface area is 112 Å². The maximum atomic E-state index is 12.1. The van der Waals surface area contributed by atoms with E-state index < -0.39 is 30.0 Å². The topological polar surface area (TPSA) is 75.6 Å². The lowest BCUT2D eigenvalue weighted by molar-refractivity contribution is -0.274. The molecule has 110 valence electrons. The van der Waals surface area contributed by atoms with Gasteiger partial charge >= 0.3 is 12.3 Å². The Balaban J connectivity index is 2.83. The summed E-state index contributed by atoms with van der Waals surface area (Å²) >= 11 is 0. The van der Waals surface area contributed by atoms with Crippen molar-refractivity contribution in [2.45, 2.75) is 25.7 Å². The number of aliphatic carboxylic acids is 1. The quantitative estimate of drug-likeness (QED) is 0.866. The van der Waals surface area contributed by atoms with Gasteiger partial charge in [0, 0.05) is 13.3 Å². The third-order valence-electron chi connectivity index (χ3n) is 2.25. The van der Waals surface area contributed by atoms with Crippen molar-refractivity contribution in [3.05, 3.63) is 29.8 Å². The molecule has 0 saturated carbocycles. The molecule has 5 nitrogen and oxygen atoms in total. The largest absolute Gasteiger partial charge is 0.573 e. The SMILES string of the molecule is CC(=O)NC(Cc1cccc(OC(F)(F)F)c1)C(=O)O. The fourth-order valence-corrected chi connectivity index (χ4v) is 1.55. The molecular formula is C12H12F3NO4. The fraction of sp³-hybridized carbons (Fsp3) is 0.333. The first-order valence-electron chi connectivity index (χ1n) is 5.52. The minimum Gasteiger partial charge on any atom is -0.480 e. The van der Waals surface area contributed by atoms with Crippen LogP contribution in [0.3, 0.4) is 0 Å². The fourth-order valence-electron chi connectivity index (χ4n) is 1.55. The van der Waals surface area contributed by atoms with Gasteiger partial charge in [-0.1, -0.05) is 12.1 Å². The van der Waals surface area contributed by atoms with Crippen molar-refractivity contribution >= 4 is 11.9 Å². The molecule has 20 heavy (non-hydrogen) atoms. The lowest BCUT2D eigenvalue weighted by Crippen LogP contribution is -2.41. The van der Waals surface area contributed by atoms with Gasteiger partial charge in [-0.3, -0.25) is 4.79 Å². The smallest absolute Gasteiger partial charge is 0.480 e. The maximum Gasteiger partial charge on any atom is 0.573 e. The summed E-state index contributed by atoms with van der Waals surface area (Å²) in [6.07, 6.45) is -4.97. The number of hydrogen-bond acceptors (Lipinski definition) is 3. The summed E-state index contributed by atoms with van der Waals surface area (Å²) in [4.78, 5) is 21.8. The van der Waals surface area contributed by atoms with Gasteiger partial charge in [0.15, 0.2) is 0 Å². The number of amides is 1. The molecule has 1 atom stereocenters. The molecule has 0 saturated heterocycles. The average Bonchev–Trinajstić information content (AvgIpc) is 2.25. The number of alkyl halides is 3. The van der Waals surface area contributed by atoms with Crippen molar-refractivity contribution in [2.75, 3.05) is 0 Å². The molecule has 1 aromatic rings. The predicted octanol–water partition coefficient (Wildman–Crippen LogP) is 1.72. The second kappa shape index (κ2) is 6.27. The van der Waals surface area contributed by atoms with Crippen LogP contribution in [0.25, 0.3) is 0 Å². The number of benzene rings is 1. The van der Waals surface area contributed by atoms with Gasteiger partial charge in [-0.25, -0.2) is 4.79 Å². The van der Waals surface area contributed by atoms with Crippen molar-refractivity contribution in [1.82, 2.24) is 5.32 Å². The molecule has 1 amide bonds. The van der Waals surface area contributed by atoms with E-state index in [0.717, 1.165) is 19.1 Å². The van der Waals surface area contributed by atoms with Crippen LogP contribution in [0, 0.1) is 0 Å². The van der Waals surface area contributed by atoms with Crippen LogP contribution in [0.2, 0.25) is 0 Å². The van der Waals surface area contributed by atoms with Crippen LogP contribution in [0.1, 0.15) is 12.5 Å². The van der Waals surface area contributed by atoms with Gasteiger partial charge in [0.05, 0.1) is 0 Å². The second-order valence-corrected chi connectivity index (χ2v) is 3.99. The molecule has 0 aliphatic rings. The molecule has 0 fully saturated rings. The molecule has 0 bridgehead atoms. The minimum absolute atomic E-state index is 0.149.